The predicted octanol–water partition coefficient (Wildman–Crippen LogP) is 0.985. The molecule has 1 rings (SSSR count). The smallest absolute Gasteiger partial charge is 0.140 e. The minimum atomic E-state index is 0.326. The molecule has 0 aromatic heterocycles. The second-order valence-corrected chi connectivity index (χ2v) is 1.90. The summed E-state index contributed by atoms with van der Waals surface area (Å²) >= 11 is 0. The van der Waals surface area contributed by atoms with Crippen LogP contribution in [0.3, 0.4) is 0 Å². The van der Waals surface area contributed by atoms with Gasteiger partial charge in [-0.1, -0.05) is 18.2 Å². The van der Waals surface area contributed by atoms with Gasteiger partial charge in [0.15, 0.2) is 0 Å². The van der Waals surface area contributed by atoms with E-state index < -0.39 is 0 Å². The van der Waals surface area contributed by atoms with Gasteiger partial charge in [-0.2, -0.15) is 0 Å². The van der Waals surface area contributed by atoms with Gasteiger partial charge in [0.25, 0.3) is 0 Å². The number of rotatable bonds is 1. The Bertz CT molecular complexity index is 258. The Morgan fingerprint density at radius 3 is 2.64 bits per heavy atom. The van der Waals surface area contributed by atoms with Crippen molar-refractivity contribution in [1.29, 1.82) is 0 Å². The lowest BCUT2D eigenvalue weighted by atomic mass is 10.3. The fraction of sp³-hybridized carbons (Fsp3) is 0.111. The highest BCUT2D eigenvalue weighted by molar-refractivity contribution is 5.22. The van der Waals surface area contributed by atoms with E-state index in [1.807, 2.05) is 30.3 Å². The summed E-state index contributed by atoms with van der Waals surface area (Å²) in [5.41, 5.74) is 5.14. The molecule has 0 heterocycles. The van der Waals surface area contributed by atoms with Gasteiger partial charge in [-0.15, -0.1) is 0 Å². The van der Waals surface area contributed by atoms with Crippen LogP contribution in [0.5, 0.6) is 5.75 Å². The first-order chi connectivity index (χ1) is 5.43. The SMILES string of the molecule is NCC#COc1ccccc1. The number of hydrogen-bond donors (Lipinski definition) is 1. The largest absolute Gasteiger partial charge is 0.408 e. The molecule has 0 aliphatic rings. The fourth-order valence-electron chi connectivity index (χ4n) is 0.625. The van der Waals surface area contributed by atoms with E-state index in [1.54, 1.807) is 0 Å². The van der Waals surface area contributed by atoms with E-state index in [0.29, 0.717) is 6.54 Å². The van der Waals surface area contributed by atoms with Crippen LogP contribution in [0.1, 0.15) is 0 Å². The van der Waals surface area contributed by atoms with Gasteiger partial charge in [-0.3, -0.25) is 0 Å². The quantitative estimate of drug-likeness (QED) is 0.601. The number of benzene rings is 1. The molecule has 2 nitrogen and oxygen atoms in total. The van der Waals surface area contributed by atoms with E-state index >= 15 is 0 Å². The normalized spacial score (nSPS) is 8.09. The van der Waals surface area contributed by atoms with Crippen LogP contribution in [0.15, 0.2) is 30.3 Å². The summed E-state index contributed by atoms with van der Waals surface area (Å²) in [4.78, 5) is 0. The molecule has 0 saturated heterocycles. The highest BCUT2D eigenvalue weighted by Crippen LogP contribution is 2.06. The molecule has 0 fully saturated rings. The molecule has 0 unspecified atom stereocenters. The first-order valence-electron chi connectivity index (χ1n) is 3.33. The molecular formula is C9H9NO. The third-order valence-corrected chi connectivity index (χ3v) is 1.09. The molecule has 2 heteroatoms. The van der Waals surface area contributed by atoms with Gasteiger partial charge in [0.2, 0.25) is 0 Å². The Balaban J connectivity index is 2.52. The van der Waals surface area contributed by atoms with Crippen LogP contribution in [-0.2, 0) is 0 Å². The van der Waals surface area contributed by atoms with Crippen LogP contribution in [-0.4, -0.2) is 6.54 Å². The molecule has 0 amide bonds. The van der Waals surface area contributed by atoms with Crippen molar-refractivity contribution in [3.8, 4) is 17.8 Å². The summed E-state index contributed by atoms with van der Waals surface area (Å²) < 4.78 is 5.01. The van der Waals surface area contributed by atoms with Crippen molar-refractivity contribution in [2.75, 3.05) is 6.54 Å². The summed E-state index contributed by atoms with van der Waals surface area (Å²) in [6.07, 6.45) is 2.48. The molecule has 1 aromatic carbocycles. The molecule has 0 aliphatic heterocycles. The van der Waals surface area contributed by atoms with Gasteiger partial charge in [0.05, 0.1) is 6.54 Å². The first-order valence-corrected chi connectivity index (χ1v) is 3.33. The lowest BCUT2D eigenvalue weighted by Gasteiger charge is -1.92. The van der Waals surface area contributed by atoms with Crippen LogP contribution in [0.4, 0.5) is 0 Å². The molecule has 0 spiro atoms. The van der Waals surface area contributed by atoms with Crippen LogP contribution < -0.4 is 10.5 Å². The van der Waals surface area contributed by atoms with Gasteiger partial charge in [0, 0.05) is 0 Å². The molecular weight excluding hydrogens is 138 g/mol. The Labute approximate surface area is 66.0 Å². The second-order valence-electron chi connectivity index (χ2n) is 1.90. The molecule has 0 aliphatic carbocycles. The zero-order valence-corrected chi connectivity index (χ0v) is 6.08. The molecule has 1 aromatic rings. The maximum absolute atomic E-state index is 5.14. The van der Waals surface area contributed by atoms with Gasteiger partial charge >= 0.3 is 0 Å². The summed E-state index contributed by atoms with van der Waals surface area (Å²) in [5, 5.41) is 0. The van der Waals surface area contributed by atoms with Gasteiger partial charge < -0.3 is 10.5 Å². The average molecular weight is 147 g/mol. The molecule has 11 heavy (non-hydrogen) atoms. The third kappa shape index (κ3) is 2.74. The Morgan fingerprint density at radius 2 is 2.00 bits per heavy atom. The lowest BCUT2D eigenvalue weighted by molar-refractivity contribution is 0.519. The van der Waals surface area contributed by atoms with E-state index in [0.717, 1.165) is 5.75 Å². The van der Waals surface area contributed by atoms with E-state index in [9.17, 15) is 0 Å². The van der Waals surface area contributed by atoms with Crippen LogP contribution in [0.2, 0.25) is 0 Å². The molecule has 0 saturated carbocycles. The van der Waals surface area contributed by atoms with E-state index in [2.05, 4.69) is 12.0 Å². The molecule has 0 radical (unpaired) electrons. The van der Waals surface area contributed by atoms with Gasteiger partial charge in [0.1, 0.15) is 11.9 Å². The minimum absolute atomic E-state index is 0.326. The Morgan fingerprint density at radius 1 is 1.27 bits per heavy atom. The fourth-order valence-corrected chi connectivity index (χ4v) is 0.625. The van der Waals surface area contributed by atoms with Crippen molar-refractivity contribution in [3.05, 3.63) is 30.3 Å². The van der Waals surface area contributed by atoms with Crippen molar-refractivity contribution >= 4 is 0 Å². The number of ether oxygens (including phenoxy) is 1. The van der Waals surface area contributed by atoms with Gasteiger partial charge in [-0.05, 0) is 18.1 Å². The number of hydrogen-bond acceptors (Lipinski definition) is 2. The van der Waals surface area contributed by atoms with Crippen LogP contribution >= 0.6 is 0 Å². The molecule has 2 N–H and O–H groups in total. The topological polar surface area (TPSA) is 35.2 Å². The Hall–Kier alpha value is -1.46. The van der Waals surface area contributed by atoms with Crippen molar-refractivity contribution in [2.24, 2.45) is 5.73 Å². The summed E-state index contributed by atoms with van der Waals surface area (Å²) in [7, 11) is 0. The minimum Gasteiger partial charge on any atom is -0.408 e. The van der Waals surface area contributed by atoms with Gasteiger partial charge in [-0.25, -0.2) is 0 Å². The standard InChI is InChI=1S/C9H9NO/c10-7-4-8-11-9-5-2-1-3-6-9/h1-3,5-6H,7,10H2. The maximum atomic E-state index is 5.14. The molecule has 0 bridgehead atoms. The summed E-state index contributed by atoms with van der Waals surface area (Å²) in [6, 6.07) is 9.37. The summed E-state index contributed by atoms with van der Waals surface area (Å²) in [5.74, 6) is 3.35. The van der Waals surface area contributed by atoms with E-state index in [-0.39, 0.29) is 0 Å². The highest BCUT2D eigenvalue weighted by Gasteiger charge is 1.84. The number of para-hydroxylation sites is 1. The predicted molar refractivity (Wildman–Crippen MR) is 43.9 cm³/mol. The molecule has 56 valence electrons. The van der Waals surface area contributed by atoms with Crippen LogP contribution in [0, 0.1) is 12.0 Å². The number of nitrogens with two attached hydrogens (primary N) is 1. The Kier molecular flexibility index (Phi) is 3.04. The first kappa shape index (κ1) is 7.64. The second kappa shape index (κ2) is 4.37. The van der Waals surface area contributed by atoms with E-state index in [4.69, 9.17) is 10.5 Å². The third-order valence-electron chi connectivity index (χ3n) is 1.09. The van der Waals surface area contributed by atoms with Crippen LogP contribution in [0.25, 0.3) is 0 Å². The van der Waals surface area contributed by atoms with Crippen molar-refractivity contribution in [3.63, 3.8) is 0 Å². The summed E-state index contributed by atoms with van der Waals surface area (Å²) in [6.45, 7) is 0.326. The zero-order chi connectivity index (χ0) is 7.94. The molecule has 0 atom stereocenters. The van der Waals surface area contributed by atoms with Crippen molar-refractivity contribution in [1.82, 2.24) is 0 Å². The highest BCUT2D eigenvalue weighted by atomic mass is 16.5. The monoisotopic (exact) mass is 147 g/mol. The lowest BCUT2D eigenvalue weighted by Crippen LogP contribution is -1.94. The van der Waals surface area contributed by atoms with Crippen molar-refractivity contribution in [2.45, 2.75) is 0 Å². The average Bonchev–Trinajstić information content (AvgIpc) is 2.07. The zero-order valence-electron chi connectivity index (χ0n) is 6.08. The maximum Gasteiger partial charge on any atom is 0.140 e. The van der Waals surface area contributed by atoms with E-state index in [1.165, 1.54) is 0 Å². The van der Waals surface area contributed by atoms with Crippen molar-refractivity contribution < 1.29 is 4.74 Å².